The van der Waals surface area contributed by atoms with Crippen molar-refractivity contribution in [3.05, 3.63) is 53.4 Å². The zero-order chi connectivity index (χ0) is 20.1. The summed E-state index contributed by atoms with van der Waals surface area (Å²) in [5, 5.41) is 3.93. The molecule has 28 heavy (non-hydrogen) atoms. The summed E-state index contributed by atoms with van der Waals surface area (Å²) in [6.45, 7) is 1.71. The van der Waals surface area contributed by atoms with E-state index in [9.17, 15) is 4.79 Å². The molecular weight excluding hydrogens is 364 g/mol. The normalized spacial score (nSPS) is 10.4. The van der Waals surface area contributed by atoms with Gasteiger partial charge in [-0.3, -0.25) is 0 Å². The van der Waals surface area contributed by atoms with Gasteiger partial charge in [-0.2, -0.15) is 4.98 Å². The molecule has 146 valence electrons. The molecule has 3 rings (SSSR count). The summed E-state index contributed by atoms with van der Waals surface area (Å²) in [5.41, 5.74) is 1.88. The Morgan fingerprint density at radius 1 is 1.00 bits per heavy atom. The van der Waals surface area contributed by atoms with Crippen molar-refractivity contribution in [1.82, 2.24) is 10.1 Å². The minimum atomic E-state index is -0.540. The minimum Gasteiger partial charge on any atom is -0.497 e. The predicted molar refractivity (Wildman–Crippen MR) is 99.7 cm³/mol. The van der Waals surface area contributed by atoms with Gasteiger partial charge in [-0.15, -0.1) is 0 Å². The molecule has 0 bridgehead atoms. The topological polar surface area (TPSA) is 92.9 Å². The molecule has 2 aromatic carbocycles. The van der Waals surface area contributed by atoms with E-state index in [2.05, 4.69) is 10.1 Å². The van der Waals surface area contributed by atoms with E-state index in [-0.39, 0.29) is 12.5 Å². The fourth-order valence-electron chi connectivity index (χ4n) is 2.59. The fraction of sp³-hybridized carbons (Fsp3) is 0.250. The zero-order valence-corrected chi connectivity index (χ0v) is 16.0. The highest BCUT2D eigenvalue weighted by Gasteiger charge is 2.18. The maximum atomic E-state index is 12.4. The molecule has 0 aliphatic carbocycles. The molecule has 0 amide bonds. The minimum absolute atomic E-state index is 0.160. The number of esters is 1. The van der Waals surface area contributed by atoms with E-state index in [4.69, 9.17) is 23.5 Å². The van der Waals surface area contributed by atoms with Crippen LogP contribution in [0.2, 0.25) is 0 Å². The molecular formula is C20H20N2O6. The predicted octanol–water partition coefficient (Wildman–Crippen LogP) is 3.43. The van der Waals surface area contributed by atoms with Gasteiger partial charge < -0.3 is 23.5 Å². The second-order valence-electron chi connectivity index (χ2n) is 5.86. The third-order valence-corrected chi connectivity index (χ3v) is 4.02. The van der Waals surface area contributed by atoms with Crippen molar-refractivity contribution in [1.29, 1.82) is 0 Å². The Labute approximate surface area is 162 Å². The average Bonchev–Trinajstić information content (AvgIpc) is 3.20. The number of ether oxygens (including phenoxy) is 4. The summed E-state index contributed by atoms with van der Waals surface area (Å²) in [6, 6.07) is 10.5. The van der Waals surface area contributed by atoms with Gasteiger partial charge in [0.2, 0.25) is 5.82 Å². The Balaban J connectivity index is 1.74. The molecule has 0 saturated heterocycles. The highest BCUT2D eigenvalue weighted by molar-refractivity contribution is 5.92. The second-order valence-corrected chi connectivity index (χ2v) is 5.86. The molecule has 0 unspecified atom stereocenters. The molecule has 0 radical (unpaired) electrons. The van der Waals surface area contributed by atoms with Crippen LogP contribution >= 0.6 is 0 Å². The smallest absolute Gasteiger partial charge is 0.342 e. The van der Waals surface area contributed by atoms with E-state index in [1.165, 1.54) is 14.2 Å². The van der Waals surface area contributed by atoms with Gasteiger partial charge in [0.25, 0.3) is 5.89 Å². The van der Waals surface area contributed by atoms with Gasteiger partial charge in [0, 0.05) is 6.07 Å². The van der Waals surface area contributed by atoms with Crippen molar-refractivity contribution in [3.8, 4) is 28.6 Å². The summed E-state index contributed by atoms with van der Waals surface area (Å²) in [7, 11) is 4.60. The molecule has 8 heteroatoms. The van der Waals surface area contributed by atoms with Gasteiger partial charge in [-0.05, 0) is 31.2 Å². The highest BCUT2D eigenvalue weighted by atomic mass is 16.6. The molecule has 0 saturated carbocycles. The molecule has 8 nitrogen and oxygen atoms in total. The quantitative estimate of drug-likeness (QED) is 0.572. The van der Waals surface area contributed by atoms with Crippen LogP contribution in [0, 0.1) is 6.92 Å². The summed E-state index contributed by atoms with van der Waals surface area (Å²) in [5.74, 6) is 1.55. The van der Waals surface area contributed by atoms with Crippen LogP contribution in [0.3, 0.4) is 0 Å². The largest absolute Gasteiger partial charge is 0.497 e. The number of hydrogen-bond acceptors (Lipinski definition) is 8. The van der Waals surface area contributed by atoms with Crippen molar-refractivity contribution in [2.75, 3.05) is 21.3 Å². The van der Waals surface area contributed by atoms with Crippen LogP contribution in [0.1, 0.15) is 21.8 Å². The Hall–Kier alpha value is -3.55. The molecule has 0 N–H and O–H groups in total. The number of benzene rings is 2. The van der Waals surface area contributed by atoms with Crippen LogP contribution in [0.15, 0.2) is 40.9 Å². The van der Waals surface area contributed by atoms with E-state index < -0.39 is 5.97 Å². The highest BCUT2D eigenvalue weighted by Crippen LogP contribution is 2.31. The number of carbonyl (C=O) groups excluding carboxylic acids is 1. The fourth-order valence-corrected chi connectivity index (χ4v) is 2.59. The number of nitrogens with zero attached hydrogens (tertiary/aromatic N) is 2. The van der Waals surface area contributed by atoms with Gasteiger partial charge in [0.05, 0.1) is 26.9 Å². The molecule has 1 aromatic heterocycles. The van der Waals surface area contributed by atoms with E-state index >= 15 is 0 Å². The Bertz CT molecular complexity index is 983. The van der Waals surface area contributed by atoms with Crippen molar-refractivity contribution in [3.63, 3.8) is 0 Å². The van der Waals surface area contributed by atoms with Crippen molar-refractivity contribution in [2.24, 2.45) is 0 Å². The van der Waals surface area contributed by atoms with Crippen molar-refractivity contribution < 1.29 is 28.3 Å². The molecule has 1 heterocycles. The molecule has 0 fully saturated rings. The number of methoxy groups -OCH3 is 3. The number of aryl methyl sites for hydroxylation is 1. The summed E-state index contributed by atoms with van der Waals surface area (Å²) in [4.78, 5) is 16.6. The summed E-state index contributed by atoms with van der Waals surface area (Å²) >= 11 is 0. The van der Waals surface area contributed by atoms with Gasteiger partial charge in [-0.25, -0.2) is 4.79 Å². The first-order valence-electron chi connectivity index (χ1n) is 8.42. The Morgan fingerprint density at radius 3 is 2.50 bits per heavy atom. The molecule has 0 spiro atoms. The molecule has 0 aliphatic rings. The SMILES string of the molecule is COc1ccc(-c2noc(COC(=O)c3cc(C)ccc3OC)n2)c(OC)c1. The van der Waals surface area contributed by atoms with E-state index in [1.54, 1.807) is 37.4 Å². The van der Waals surface area contributed by atoms with Gasteiger partial charge in [0.1, 0.15) is 22.8 Å². The first kappa shape index (κ1) is 19.2. The maximum absolute atomic E-state index is 12.4. The number of carbonyl (C=O) groups is 1. The number of rotatable bonds is 7. The summed E-state index contributed by atoms with van der Waals surface area (Å²) in [6.07, 6.45) is 0. The summed E-state index contributed by atoms with van der Waals surface area (Å²) < 4.78 is 26.2. The first-order chi connectivity index (χ1) is 13.5. The Morgan fingerprint density at radius 2 is 1.79 bits per heavy atom. The van der Waals surface area contributed by atoms with Gasteiger partial charge in [0.15, 0.2) is 6.61 Å². The molecule has 0 atom stereocenters. The molecule has 3 aromatic rings. The lowest BCUT2D eigenvalue weighted by molar-refractivity contribution is 0.0426. The number of aromatic nitrogens is 2. The monoisotopic (exact) mass is 384 g/mol. The van der Waals surface area contributed by atoms with E-state index in [0.29, 0.717) is 34.2 Å². The third kappa shape index (κ3) is 4.06. The molecule has 0 aliphatic heterocycles. The second kappa shape index (κ2) is 8.43. The van der Waals surface area contributed by atoms with Crippen LogP contribution in [0.25, 0.3) is 11.4 Å². The van der Waals surface area contributed by atoms with E-state index in [1.807, 2.05) is 13.0 Å². The van der Waals surface area contributed by atoms with Crippen molar-refractivity contribution in [2.45, 2.75) is 13.5 Å². The van der Waals surface area contributed by atoms with Gasteiger partial charge >= 0.3 is 5.97 Å². The lowest BCUT2D eigenvalue weighted by Gasteiger charge is -2.08. The standard InChI is InChI=1S/C20H20N2O6/c1-12-5-8-16(25-3)15(9-12)20(23)27-11-18-21-19(22-28-18)14-7-6-13(24-2)10-17(14)26-4/h5-10H,11H2,1-4H3. The lowest BCUT2D eigenvalue weighted by atomic mass is 10.1. The van der Waals surface area contributed by atoms with Crippen LogP contribution in [0.5, 0.6) is 17.2 Å². The first-order valence-corrected chi connectivity index (χ1v) is 8.42. The zero-order valence-electron chi connectivity index (χ0n) is 16.0. The average molecular weight is 384 g/mol. The third-order valence-electron chi connectivity index (χ3n) is 4.02. The Kier molecular flexibility index (Phi) is 5.78. The van der Waals surface area contributed by atoms with Crippen LogP contribution in [-0.4, -0.2) is 37.4 Å². The van der Waals surface area contributed by atoms with Gasteiger partial charge in [-0.1, -0.05) is 16.8 Å². The lowest BCUT2D eigenvalue weighted by Crippen LogP contribution is -2.07. The van der Waals surface area contributed by atoms with Crippen LogP contribution in [-0.2, 0) is 11.3 Å². The van der Waals surface area contributed by atoms with E-state index in [0.717, 1.165) is 5.56 Å². The van der Waals surface area contributed by atoms with Crippen LogP contribution < -0.4 is 14.2 Å². The van der Waals surface area contributed by atoms with Crippen molar-refractivity contribution >= 4 is 5.97 Å². The maximum Gasteiger partial charge on any atom is 0.342 e. The van der Waals surface area contributed by atoms with Crippen LogP contribution in [0.4, 0.5) is 0 Å². The number of hydrogen-bond donors (Lipinski definition) is 0.